The largest absolute Gasteiger partial charge is 0.212 e. The molecule has 0 aliphatic heterocycles. The summed E-state index contributed by atoms with van der Waals surface area (Å²) < 4.78 is 79.1. The van der Waals surface area contributed by atoms with Crippen molar-refractivity contribution in [1.29, 1.82) is 0 Å². The van der Waals surface area contributed by atoms with E-state index in [1.54, 1.807) is 36.7 Å². The van der Waals surface area contributed by atoms with Crippen LogP contribution in [0.15, 0.2) is 30.5 Å². The van der Waals surface area contributed by atoms with Crippen molar-refractivity contribution in [2.24, 2.45) is 7.05 Å². The van der Waals surface area contributed by atoms with E-state index in [0.29, 0.717) is 16.8 Å². The van der Waals surface area contributed by atoms with Gasteiger partial charge in [0.25, 0.3) is 0 Å². The number of aromatic nitrogens is 1. The molecule has 0 amide bonds. The molecule has 0 spiro atoms. The van der Waals surface area contributed by atoms with E-state index in [2.05, 4.69) is 0 Å². The summed E-state index contributed by atoms with van der Waals surface area (Å²) in [5, 5.41) is 0. The maximum Gasteiger partial charge on any atom is 0.212 e. The summed E-state index contributed by atoms with van der Waals surface area (Å²) in [4.78, 5) is 0. The Kier molecular flexibility index (Phi) is 1.86. The van der Waals surface area contributed by atoms with Crippen molar-refractivity contribution in [3.8, 4) is 11.3 Å². The first-order valence-corrected chi connectivity index (χ1v) is 6.49. The summed E-state index contributed by atoms with van der Waals surface area (Å²) in [6.45, 7) is -4.42. The zero-order valence-electron chi connectivity index (χ0n) is 22.0. The molecule has 0 saturated heterocycles. The summed E-state index contributed by atoms with van der Waals surface area (Å²) in [5.41, 5.74) is 2.39. The Bertz CT molecular complexity index is 936. The fourth-order valence-electron chi connectivity index (χ4n) is 2.35. The predicted octanol–water partition coefficient (Wildman–Crippen LogP) is 4.48. The van der Waals surface area contributed by atoms with E-state index >= 15 is 0 Å². The molecule has 0 bridgehead atoms. The van der Waals surface area contributed by atoms with Crippen molar-refractivity contribution in [2.75, 3.05) is 0 Å². The molecular formula is C19H26N+. The molecule has 1 aromatic carbocycles. The Balaban J connectivity index is 2.73. The van der Waals surface area contributed by atoms with E-state index in [4.69, 9.17) is 13.7 Å². The molecule has 1 unspecified atom stereocenters. The fraction of sp³-hybridized carbons (Fsp3) is 0.421. The highest BCUT2D eigenvalue weighted by Gasteiger charge is 2.17. The normalized spacial score (nSPS) is 23.4. The van der Waals surface area contributed by atoms with Gasteiger partial charge < -0.3 is 0 Å². The Hall–Kier alpha value is -1.63. The number of pyridine rings is 1. The lowest BCUT2D eigenvalue weighted by Crippen LogP contribution is -2.32. The number of rotatable bonds is 3. The lowest BCUT2D eigenvalue weighted by molar-refractivity contribution is -0.660. The van der Waals surface area contributed by atoms with Gasteiger partial charge in [-0.25, -0.2) is 4.57 Å². The van der Waals surface area contributed by atoms with Crippen molar-refractivity contribution in [3.63, 3.8) is 0 Å². The molecule has 2 aromatic rings. The van der Waals surface area contributed by atoms with Gasteiger partial charge in [0.15, 0.2) is 6.20 Å². The van der Waals surface area contributed by atoms with E-state index < -0.39 is 26.4 Å². The van der Waals surface area contributed by atoms with Crippen LogP contribution >= 0.6 is 0 Å². The number of hydrogen-bond acceptors (Lipinski definition) is 0. The van der Waals surface area contributed by atoms with Crippen LogP contribution < -0.4 is 4.57 Å². The van der Waals surface area contributed by atoms with Gasteiger partial charge in [-0.2, -0.15) is 0 Å². The first-order valence-electron chi connectivity index (χ1n) is 11.5. The SMILES string of the molecule is [2H]C([2H])([2H])Cc1ccc(-c2cc(C([2H])(C)C([2H])([2H])[2H])c(C([2H])([2H])[2H])c[n+]2C)c(C)c1. The molecule has 1 heteroatoms. The van der Waals surface area contributed by atoms with E-state index in [9.17, 15) is 0 Å². The van der Waals surface area contributed by atoms with Crippen molar-refractivity contribution >= 4 is 0 Å². The maximum atomic E-state index is 8.47. The van der Waals surface area contributed by atoms with Crippen molar-refractivity contribution < 1.29 is 18.3 Å². The van der Waals surface area contributed by atoms with Gasteiger partial charge in [-0.15, -0.1) is 0 Å². The molecule has 1 aromatic heterocycles. The molecule has 2 rings (SSSR count). The van der Waals surface area contributed by atoms with Crippen LogP contribution in [0.25, 0.3) is 11.3 Å². The summed E-state index contributed by atoms with van der Waals surface area (Å²) in [7, 11) is 1.65. The van der Waals surface area contributed by atoms with Crippen LogP contribution in [0.3, 0.4) is 0 Å². The van der Waals surface area contributed by atoms with Crippen LogP contribution in [0.1, 0.15) is 62.5 Å². The monoisotopic (exact) mass is 278 g/mol. The fourth-order valence-corrected chi connectivity index (χ4v) is 2.35. The minimum atomic E-state index is -2.73. The lowest BCUT2D eigenvalue weighted by Gasteiger charge is -2.12. The van der Waals surface area contributed by atoms with E-state index in [0.717, 1.165) is 5.56 Å². The molecule has 106 valence electrons. The number of hydrogen-bond donors (Lipinski definition) is 0. The van der Waals surface area contributed by atoms with Crippen molar-refractivity contribution in [2.45, 2.75) is 46.7 Å². The second-order valence-corrected chi connectivity index (χ2v) is 5.05. The minimum Gasteiger partial charge on any atom is -0.201 e. The van der Waals surface area contributed by atoms with Gasteiger partial charge in [0.2, 0.25) is 5.69 Å². The highest BCUT2D eigenvalue weighted by molar-refractivity contribution is 5.62. The highest BCUT2D eigenvalue weighted by Crippen LogP contribution is 2.26. The Morgan fingerprint density at radius 2 is 2.15 bits per heavy atom. The van der Waals surface area contributed by atoms with E-state index in [1.165, 1.54) is 19.2 Å². The topological polar surface area (TPSA) is 3.88 Å². The summed E-state index contributed by atoms with van der Waals surface area (Å²) >= 11 is 0. The van der Waals surface area contributed by atoms with Crippen LogP contribution in [0.2, 0.25) is 0 Å². The first kappa shape index (κ1) is 6.43. The Labute approximate surface area is 137 Å². The quantitative estimate of drug-likeness (QED) is 0.729. The molecule has 0 aliphatic rings. The second-order valence-electron chi connectivity index (χ2n) is 5.05. The minimum absolute atomic E-state index is 0.0761. The maximum absolute atomic E-state index is 8.47. The molecule has 1 nitrogen and oxygen atoms in total. The lowest BCUT2D eigenvalue weighted by atomic mass is 9.95. The molecule has 0 N–H and O–H groups in total. The van der Waals surface area contributed by atoms with E-state index in [1.807, 2.05) is 0 Å². The van der Waals surface area contributed by atoms with Gasteiger partial charge in [0.05, 0.1) is 0 Å². The van der Waals surface area contributed by atoms with Crippen molar-refractivity contribution in [3.05, 3.63) is 52.7 Å². The molecule has 0 saturated carbocycles. The van der Waals surface area contributed by atoms with Gasteiger partial charge in [-0.1, -0.05) is 32.8 Å². The second kappa shape index (κ2) is 5.78. The molecule has 1 atom stereocenters. The molecule has 20 heavy (non-hydrogen) atoms. The van der Waals surface area contributed by atoms with Crippen LogP contribution in [-0.2, 0) is 13.5 Å². The van der Waals surface area contributed by atoms with Crippen LogP contribution in [0, 0.1) is 13.8 Å². The summed E-state index contributed by atoms with van der Waals surface area (Å²) in [5.74, 6) is -2.13. The smallest absolute Gasteiger partial charge is 0.201 e. The third kappa shape index (κ3) is 2.77. The zero-order valence-corrected chi connectivity index (χ0v) is 12.0. The third-order valence-electron chi connectivity index (χ3n) is 3.45. The van der Waals surface area contributed by atoms with Gasteiger partial charge in [-0.3, -0.25) is 0 Å². The Morgan fingerprint density at radius 1 is 1.30 bits per heavy atom. The first-order chi connectivity index (χ1) is 13.3. The van der Waals surface area contributed by atoms with E-state index in [-0.39, 0.29) is 17.5 Å². The van der Waals surface area contributed by atoms with Gasteiger partial charge in [0, 0.05) is 30.9 Å². The molecule has 0 aliphatic carbocycles. The molecule has 0 fully saturated rings. The number of benzene rings is 1. The van der Waals surface area contributed by atoms with Gasteiger partial charge in [-0.05, 0) is 48.8 Å². The highest BCUT2D eigenvalue weighted by atomic mass is 14.9. The van der Waals surface area contributed by atoms with Gasteiger partial charge in [0.1, 0.15) is 7.05 Å². The average molecular weight is 278 g/mol. The number of nitrogens with zero attached hydrogens (tertiary/aromatic N) is 1. The zero-order chi connectivity index (χ0) is 23.3. The molecule has 1 heterocycles. The Morgan fingerprint density at radius 3 is 2.80 bits per heavy atom. The third-order valence-corrected chi connectivity index (χ3v) is 3.45. The standard InChI is InChI=1S/C19H26N/c1-7-16-8-9-17(14(4)10-16)19-11-18(13(2)3)15(5)12-20(19)6/h8-13H,7H2,1-6H3/q+1/i1D3,2D3,5D3,13D. The van der Waals surface area contributed by atoms with Crippen LogP contribution in [-0.4, -0.2) is 0 Å². The predicted molar refractivity (Wildman–Crippen MR) is 86.0 cm³/mol. The van der Waals surface area contributed by atoms with Gasteiger partial charge >= 0.3 is 0 Å². The number of aryl methyl sites for hydroxylation is 4. The van der Waals surface area contributed by atoms with Crippen molar-refractivity contribution in [1.82, 2.24) is 0 Å². The van der Waals surface area contributed by atoms with Crippen LogP contribution in [0.4, 0.5) is 0 Å². The molecule has 0 radical (unpaired) electrons. The molecular weight excluding hydrogens is 242 g/mol. The summed E-state index contributed by atoms with van der Waals surface area (Å²) in [6.07, 6.45) is 1.28. The average Bonchev–Trinajstić information content (AvgIpc) is 2.51. The van der Waals surface area contributed by atoms with Crippen LogP contribution in [0.5, 0.6) is 0 Å². The summed E-state index contributed by atoms with van der Waals surface area (Å²) in [6, 6.07) is 6.63.